The number of para-hydroxylation sites is 1. The first-order valence-electron chi connectivity index (χ1n) is 7.15. The summed E-state index contributed by atoms with van der Waals surface area (Å²) in [4.78, 5) is 26.4. The van der Waals surface area contributed by atoms with E-state index in [2.05, 4.69) is 4.98 Å². The number of carboxylic acids is 1. The molecule has 8 nitrogen and oxygen atoms in total. The first-order chi connectivity index (χ1) is 11.5. The fraction of sp³-hybridized carbons (Fsp3) is 0.125. The van der Waals surface area contributed by atoms with E-state index in [1.165, 1.54) is 6.20 Å². The molecule has 0 saturated heterocycles. The lowest BCUT2D eigenvalue weighted by Crippen LogP contribution is -2.32. The second-order valence-corrected chi connectivity index (χ2v) is 5.32. The van der Waals surface area contributed by atoms with Crippen molar-refractivity contribution in [2.24, 2.45) is 5.73 Å². The molecule has 122 valence electrons. The van der Waals surface area contributed by atoms with Crippen LogP contribution < -0.4 is 5.73 Å². The first-order valence-corrected chi connectivity index (χ1v) is 7.15. The topological polar surface area (TPSA) is 124 Å². The lowest BCUT2D eigenvalue weighted by molar-refractivity contribution is -0.537. The van der Waals surface area contributed by atoms with Crippen LogP contribution in [0, 0.1) is 10.1 Å². The van der Waals surface area contributed by atoms with Gasteiger partial charge in [-0.3, -0.25) is 9.78 Å². The molecular weight excluding hydrogens is 312 g/mol. The van der Waals surface area contributed by atoms with Crippen molar-refractivity contribution in [1.82, 2.24) is 9.66 Å². The number of aliphatic carboxylic acids is 1. The Morgan fingerprint density at radius 2 is 2.04 bits per heavy atom. The fourth-order valence-electron chi connectivity index (χ4n) is 2.71. The number of benzene rings is 1. The molecule has 3 rings (SSSR count). The minimum absolute atomic E-state index is 0.00642. The Hall–Kier alpha value is -3.26. The molecular formula is C16H14N4O4. The lowest BCUT2D eigenvalue weighted by atomic mass is 10.0. The summed E-state index contributed by atoms with van der Waals surface area (Å²) in [5, 5.41) is 20.5. The Labute approximate surface area is 136 Å². The highest BCUT2D eigenvalue weighted by Crippen LogP contribution is 2.32. The van der Waals surface area contributed by atoms with Crippen LogP contribution in [0.25, 0.3) is 22.0 Å². The molecule has 1 aromatic carbocycles. The summed E-state index contributed by atoms with van der Waals surface area (Å²) >= 11 is 0. The molecule has 24 heavy (non-hydrogen) atoms. The third-order valence-electron chi connectivity index (χ3n) is 3.81. The van der Waals surface area contributed by atoms with Gasteiger partial charge in [0.25, 0.3) is 0 Å². The molecule has 0 aliphatic carbocycles. The van der Waals surface area contributed by atoms with Gasteiger partial charge >= 0.3 is 5.97 Å². The van der Waals surface area contributed by atoms with Gasteiger partial charge in [0.05, 0.1) is 6.20 Å². The molecule has 8 heteroatoms. The van der Waals surface area contributed by atoms with Crippen LogP contribution in [0.2, 0.25) is 0 Å². The van der Waals surface area contributed by atoms with Gasteiger partial charge in [-0.15, -0.1) is 0 Å². The van der Waals surface area contributed by atoms with Gasteiger partial charge in [-0.2, -0.15) is 0 Å². The highest BCUT2D eigenvalue weighted by molar-refractivity contribution is 5.96. The van der Waals surface area contributed by atoms with E-state index < -0.39 is 17.0 Å². The van der Waals surface area contributed by atoms with Gasteiger partial charge in [-0.25, -0.2) is 10.1 Å². The summed E-state index contributed by atoms with van der Waals surface area (Å²) < 4.78 is 0.912. The Kier molecular flexibility index (Phi) is 3.97. The van der Waals surface area contributed by atoms with E-state index in [1.54, 1.807) is 42.7 Å². The van der Waals surface area contributed by atoms with E-state index >= 15 is 0 Å². The molecule has 2 aromatic heterocycles. The molecule has 0 unspecified atom stereocenters. The van der Waals surface area contributed by atoms with Crippen molar-refractivity contribution in [2.45, 2.75) is 12.5 Å². The van der Waals surface area contributed by atoms with Crippen molar-refractivity contribution < 1.29 is 14.9 Å². The molecule has 0 bridgehead atoms. The third-order valence-corrected chi connectivity index (χ3v) is 3.81. The molecule has 1 atom stereocenters. The van der Waals surface area contributed by atoms with E-state index in [0.717, 1.165) is 10.2 Å². The number of carboxylic acid groups (broad SMARTS) is 1. The number of nitro groups is 1. The monoisotopic (exact) mass is 326 g/mol. The van der Waals surface area contributed by atoms with E-state index in [1.807, 2.05) is 0 Å². The Morgan fingerprint density at radius 3 is 2.67 bits per heavy atom. The maximum Gasteiger partial charge on any atom is 0.320 e. The Morgan fingerprint density at radius 1 is 1.33 bits per heavy atom. The molecule has 0 saturated carbocycles. The molecule has 2 heterocycles. The number of nitrogens with zero attached hydrogens (tertiary/aromatic N) is 3. The number of aromatic nitrogens is 2. The van der Waals surface area contributed by atoms with Crippen LogP contribution in [0.5, 0.6) is 0 Å². The maximum atomic E-state index is 11.4. The zero-order valence-corrected chi connectivity index (χ0v) is 12.5. The minimum Gasteiger partial charge on any atom is -0.480 e. The normalized spacial score (nSPS) is 12.2. The van der Waals surface area contributed by atoms with Gasteiger partial charge in [0.15, 0.2) is 5.03 Å². The quantitative estimate of drug-likeness (QED) is 0.543. The summed E-state index contributed by atoms with van der Waals surface area (Å²) in [5.41, 5.74) is 7.96. The summed E-state index contributed by atoms with van der Waals surface area (Å²) in [7, 11) is 0. The maximum absolute atomic E-state index is 11.4. The van der Waals surface area contributed by atoms with Crippen molar-refractivity contribution in [1.29, 1.82) is 0 Å². The van der Waals surface area contributed by atoms with Gasteiger partial charge in [0.2, 0.25) is 0 Å². The summed E-state index contributed by atoms with van der Waals surface area (Å²) in [6, 6.07) is 7.67. The van der Waals surface area contributed by atoms with E-state index in [-0.39, 0.29) is 6.42 Å². The highest BCUT2D eigenvalue weighted by Gasteiger charge is 2.22. The number of rotatable bonds is 5. The highest BCUT2D eigenvalue weighted by atomic mass is 16.7. The van der Waals surface area contributed by atoms with Gasteiger partial charge < -0.3 is 10.8 Å². The van der Waals surface area contributed by atoms with Crippen LogP contribution >= 0.6 is 0 Å². The van der Waals surface area contributed by atoms with Crippen molar-refractivity contribution in [3.05, 3.63) is 64.6 Å². The van der Waals surface area contributed by atoms with Gasteiger partial charge in [0.1, 0.15) is 11.6 Å². The fourth-order valence-corrected chi connectivity index (χ4v) is 2.71. The SMILES string of the molecule is N[C@@H](Cc1cn([N+](=O)[O-])c2c(-c3ccncc3)cccc12)C(=O)O. The van der Waals surface area contributed by atoms with Crippen molar-refractivity contribution >= 4 is 16.9 Å². The van der Waals surface area contributed by atoms with Gasteiger partial charge in [0, 0.05) is 29.8 Å². The average molecular weight is 326 g/mol. The summed E-state index contributed by atoms with van der Waals surface area (Å²) in [5.74, 6) is -1.15. The van der Waals surface area contributed by atoms with Gasteiger partial charge in [-0.1, -0.05) is 22.9 Å². The minimum atomic E-state index is -1.15. The van der Waals surface area contributed by atoms with Crippen molar-refractivity contribution in [3.8, 4) is 11.1 Å². The number of carbonyl (C=O) groups is 1. The van der Waals surface area contributed by atoms with Crippen LogP contribution in [0.1, 0.15) is 5.56 Å². The zero-order valence-electron chi connectivity index (χ0n) is 12.5. The second-order valence-electron chi connectivity index (χ2n) is 5.32. The van der Waals surface area contributed by atoms with Crippen molar-refractivity contribution in [2.75, 3.05) is 0 Å². The summed E-state index contributed by atoms with van der Waals surface area (Å²) in [6.07, 6.45) is 4.55. The summed E-state index contributed by atoms with van der Waals surface area (Å²) in [6.45, 7) is 0. The number of pyridine rings is 1. The number of hydrogen-bond acceptors (Lipinski definition) is 5. The molecule has 0 spiro atoms. The van der Waals surface area contributed by atoms with E-state index in [4.69, 9.17) is 10.8 Å². The molecule has 0 radical (unpaired) electrons. The van der Waals surface area contributed by atoms with Gasteiger partial charge in [-0.05, 0) is 23.3 Å². The van der Waals surface area contributed by atoms with Crippen LogP contribution in [0.4, 0.5) is 0 Å². The number of hydrogen-bond donors (Lipinski definition) is 2. The number of nitrogens with two attached hydrogens (primary N) is 1. The predicted molar refractivity (Wildman–Crippen MR) is 86.9 cm³/mol. The van der Waals surface area contributed by atoms with Crippen LogP contribution in [0.3, 0.4) is 0 Å². The zero-order chi connectivity index (χ0) is 17.3. The average Bonchev–Trinajstić information content (AvgIpc) is 2.94. The predicted octanol–water partition coefficient (Wildman–Crippen LogP) is 1.70. The van der Waals surface area contributed by atoms with Crippen LogP contribution in [-0.4, -0.2) is 31.8 Å². The lowest BCUT2D eigenvalue weighted by Gasteiger charge is -2.06. The largest absolute Gasteiger partial charge is 0.480 e. The van der Waals surface area contributed by atoms with Crippen LogP contribution in [-0.2, 0) is 11.2 Å². The van der Waals surface area contributed by atoms with E-state index in [9.17, 15) is 14.9 Å². The van der Waals surface area contributed by atoms with E-state index in [0.29, 0.717) is 22.0 Å². The van der Waals surface area contributed by atoms with Crippen molar-refractivity contribution in [3.63, 3.8) is 0 Å². The second kappa shape index (κ2) is 6.09. The first kappa shape index (κ1) is 15.6. The third kappa shape index (κ3) is 2.70. The number of fused-ring (bicyclic) bond motifs is 1. The molecule has 0 fully saturated rings. The Bertz CT molecular complexity index is 920. The molecule has 0 aliphatic rings. The molecule has 0 amide bonds. The standard InChI is InChI=1S/C16H14N4O4/c17-14(16(21)22)8-11-9-19(20(23)24)15-12(2-1-3-13(11)15)10-4-6-18-7-5-10/h1-7,9,14H,8,17H2,(H,21,22)/t14-/m0/s1. The molecule has 3 N–H and O–H groups in total. The van der Waals surface area contributed by atoms with Crippen LogP contribution in [0.15, 0.2) is 48.9 Å². The Balaban J connectivity index is 2.24. The molecule has 3 aromatic rings. The molecule has 0 aliphatic heterocycles. The smallest absolute Gasteiger partial charge is 0.320 e.